The molecule has 1 aliphatic rings. The topological polar surface area (TPSA) is 47.3 Å². The Morgan fingerprint density at radius 1 is 1.20 bits per heavy atom. The summed E-state index contributed by atoms with van der Waals surface area (Å²) in [5.41, 5.74) is 8.29. The van der Waals surface area contributed by atoms with Gasteiger partial charge in [0, 0.05) is 29.5 Å². The number of nitrogen functional groups attached to an aromatic ring is 1. The van der Waals surface area contributed by atoms with Crippen molar-refractivity contribution in [2.75, 3.05) is 11.1 Å². The summed E-state index contributed by atoms with van der Waals surface area (Å²) in [5.74, 6) is 0.846. The number of anilines is 2. The smallest absolute Gasteiger partial charge is 0.123 e. The lowest BCUT2D eigenvalue weighted by molar-refractivity contribution is 0.232. The van der Waals surface area contributed by atoms with Gasteiger partial charge in [0.15, 0.2) is 0 Å². The predicted octanol–water partition coefficient (Wildman–Crippen LogP) is 4.44. The van der Waals surface area contributed by atoms with Crippen molar-refractivity contribution >= 4 is 11.4 Å². The molecule has 112 valence electrons. The van der Waals surface area contributed by atoms with Crippen LogP contribution in [0.2, 0.25) is 0 Å². The fraction of sp³-hybridized carbons (Fsp3) is 0.647. The van der Waals surface area contributed by atoms with Crippen LogP contribution in [0.4, 0.5) is 11.4 Å². The molecule has 1 aromatic rings. The Labute approximate surface area is 122 Å². The summed E-state index contributed by atoms with van der Waals surface area (Å²) in [6, 6.07) is 6.48. The highest BCUT2D eigenvalue weighted by Crippen LogP contribution is 2.36. The van der Waals surface area contributed by atoms with Crippen molar-refractivity contribution in [1.82, 2.24) is 0 Å². The average molecular weight is 276 g/mol. The highest BCUT2D eigenvalue weighted by molar-refractivity contribution is 5.59. The molecule has 3 N–H and O–H groups in total. The molecule has 1 aliphatic carbocycles. The van der Waals surface area contributed by atoms with Crippen molar-refractivity contribution in [3.8, 4) is 5.75 Å². The van der Waals surface area contributed by atoms with E-state index in [1.54, 1.807) is 0 Å². The molecule has 0 saturated heterocycles. The van der Waals surface area contributed by atoms with Crippen molar-refractivity contribution in [2.45, 2.75) is 65.5 Å². The minimum absolute atomic E-state index is 0.167. The maximum atomic E-state index is 5.96. The summed E-state index contributed by atoms with van der Waals surface area (Å²) in [7, 11) is 0. The second-order valence-electron chi connectivity index (χ2n) is 7.04. The molecule has 0 atom stereocenters. The van der Waals surface area contributed by atoms with Gasteiger partial charge >= 0.3 is 0 Å². The molecule has 1 fully saturated rings. The maximum absolute atomic E-state index is 5.96. The Morgan fingerprint density at radius 3 is 2.45 bits per heavy atom. The van der Waals surface area contributed by atoms with E-state index < -0.39 is 0 Å². The normalized spacial score (nSPS) is 19.1. The van der Waals surface area contributed by atoms with Gasteiger partial charge in [0.25, 0.3) is 0 Å². The van der Waals surface area contributed by atoms with Gasteiger partial charge in [-0.2, -0.15) is 0 Å². The largest absolute Gasteiger partial charge is 0.491 e. The Morgan fingerprint density at radius 2 is 1.85 bits per heavy atom. The summed E-state index contributed by atoms with van der Waals surface area (Å²) in [6.45, 7) is 8.77. The summed E-state index contributed by atoms with van der Waals surface area (Å²) < 4.78 is 5.74. The van der Waals surface area contributed by atoms with E-state index >= 15 is 0 Å². The molecular formula is C17H28N2O. The third kappa shape index (κ3) is 4.32. The SMILES string of the molecule is CC(C)Oc1cc(N)cc(NC2CCC(C)(C)CC2)c1. The molecule has 3 nitrogen and oxygen atoms in total. The molecule has 0 aromatic heterocycles. The number of nitrogens with two attached hydrogens (primary N) is 1. The zero-order valence-electron chi connectivity index (χ0n) is 13.2. The van der Waals surface area contributed by atoms with Crippen LogP contribution in [-0.4, -0.2) is 12.1 Å². The molecule has 0 spiro atoms. The molecule has 0 aliphatic heterocycles. The lowest BCUT2D eigenvalue weighted by atomic mass is 9.75. The Hall–Kier alpha value is -1.38. The van der Waals surface area contributed by atoms with Crippen LogP contribution in [0.3, 0.4) is 0 Å². The predicted molar refractivity (Wildman–Crippen MR) is 86.3 cm³/mol. The second kappa shape index (κ2) is 5.94. The lowest BCUT2D eigenvalue weighted by Gasteiger charge is -2.35. The lowest BCUT2D eigenvalue weighted by Crippen LogP contribution is -2.29. The fourth-order valence-corrected chi connectivity index (χ4v) is 2.82. The Bertz CT molecular complexity index is 444. The van der Waals surface area contributed by atoms with Crippen molar-refractivity contribution in [3.63, 3.8) is 0 Å². The molecule has 0 heterocycles. The van der Waals surface area contributed by atoms with E-state index in [1.165, 1.54) is 25.7 Å². The minimum Gasteiger partial charge on any atom is -0.491 e. The van der Waals surface area contributed by atoms with Crippen LogP contribution in [0.15, 0.2) is 18.2 Å². The average Bonchev–Trinajstić information content (AvgIpc) is 2.30. The zero-order valence-corrected chi connectivity index (χ0v) is 13.2. The molecule has 3 heteroatoms. The van der Waals surface area contributed by atoms with E-state index in [0.29, 0.717) is 11.5 Å². The van der Waals surface area contributed by atoms with Crippen LogP contribution in [0.25, 0.3) is 0 Å². The van der Waals surface area contributed by atoms with Crippen LogP contribution in [0.1, 0.15) is 53.4 Å². The van der Waals surface area contributed by atoms with E-state index in [1.807, 2.05) is 26.0 Å². The van der Waals surface area contributed by atoms with E-state index in [4.69, 9.17) is 10.5 Å². The molecule has 1 aromatic carbocycles. The highest BCUT2D eigenvalue weighted by atomic mass is 16.5. The van der Waals surface area contributed by atoms with Gasteiger partial charge < -0.3 is 15.8 Å². The third-order valence-electron chi connectivity index (χ3n) is 4.01. The number of nitrogens with one attached hydrogen (secondary N) is 1. The quantitative estimate of drug-likeness (QED) is 0.799. The molecule has 0 bridgehead atoms. The molecule has 1 saturated carbocycles. The van der Waals surface area contributed by atoms with Crippen molar-refractivity contribution in [1.29, 1.82) is 0 Å². The first-order chi connectivity index (χ1) is 9.34. The molecule has 0 radical (unpaired) electrons. The molecular weight excluding hydrogens is 248 g/mol. The Kier molecular flexibility index (Phi) is 4.46. The number of hydrogen-bond acceptors (Lipinski definition) is 3. The van der Waals surface area contributed by atoms with Crippen LogP contribution in [0.5, 0.6) is 5.75 Å². The summed E-state index contributed by atoms with van der Waals surface area (Å²) in [6.07, 6.45) is 5.18. The van der Waals surface area contributed by atoms with Crippen molar-refractivity contribution < 1.29 is 4.74 Å². The first-order valence-corrected chi connectivity index (χ1v) is 7.68. The minimum atomic E-state index is 0.167. The van der Waals surface area contributed by atoms with Gasteiger partial charge in [-0.15, -0.1) is 0 Å². The second-order valence-corrected chi connectivity index (χ2v) is 7.04. The number of hydrogen-bond donors (Lipinski definition) is 2. The maximum Gasteiger partial charge on any atom is 0.123 e. The molecule has 0 amide bonds. The van der Waals surface area contributed by atoms with E-state index in [-0.39, 0.29) is 6.10 Å². The first kappa shape index (κ1) is 15.0. The summed E-state index contributed by atoms with van der Waals surface area (Å²) >= 11 is 0. The van der Waals surface area contributed by atoms with Crippen LogP contribution < -0.4 is 15.8 Å². The summed E-state index contributed by atoms with van der Waals surface area (Å²) in [4.78, 5) is 0. The molecule has 2 rings (SSSR count). The van der Waals surface area contributed by atoms with E-state index in [9.17, 15) is 0 Å². The van der Waals surface area contributed by atoms with Crippen LogP contribution >= 0.6 is 0 Å². The zero-order chi connectivity index (χ0) is 14.8. The standard InChI is InChI=1S/C17H28N2O/c1-12(2)20-16-10-13(18)9-15(11-16)19-14-5-7-17(3,4)8-6-14/h9-12,14,19H,5-8,18H2,1-4H3. The Balaban J connectivity index is 2.00. The number of benzene rings is 1. The van der Waals surface area contributed by atoms with E-state index in [0.717, 1.165) is 17.1 Å². The van der Waals surface area contributed by atoms with Gasteiger partial charge in [-0.3, -0.25) is 0 Å². The van der Waals surface area contributed by atoms with Gasteiger partial charge in [0.05, 0.1) is 6.10 Å². The summed E-state index contributed by atoms with van der Waals surface area (Å²) in [5, 5.41) is 3.61. The first-order valence-electron chi connectivity index (χ1n) is 7.68. The van der Waals surface area contributed by atoms with Crippen molar-refractivity contribution in [2.24, 2.45) is 5.41 Å². The number of rotatable bonds is 4. The highest BCUT2D eigenvalue weighted by Gasteiger charge is 2.26. The van der Waals surface area contributed by atoms with Crippen LogP contribution in [0, 0.1) is 5.41 Å². The number of ether oxygens (including phenoxy) is 1. The van der Waals surface area contributed by atoms with Gasteiger partial charge in [0.1, 0.15) is 5.75 Å². The fourth-order valence-electron chi connectivity index (χ4n) is 2.82. The third-order valence-corrected chi connectivity index (χ3v) is 4.01. The van der Waals surface area contributed by atoms with Gasteiger partial charge in [0.2, 0.25) is 0 Å². The van der Waals surface area contributed by atoms with Gasteiger partial charge in [-0.1, -0.05) is 13.8 Å². The van der Waals surface area contributed by atoms with Gasteiger partial charge in [-0.25, -0.2) is 0 Å². The van der Waals surface area contributed by atoms with Gasteiger partial charge in [-0.05, 0) is 51.0 Å². The molecule has 20 heavy (non-hydrogen) atoms. The van der Waals surface area contributed by atoms with Crippen LogP contribution in [-0.2, 0) is 0 Å². The monoisotopic (exact) mass is 276 g/mol. The van der Waals surface area contributed by atoms with Crippen molar-refractivity contribution in [3.05, 3.63) is 18.2 Å². The van der Waals surface area contributed by atoms with E-state index in [2.05, 4.69) is 25.2 Å². The molecule has 0 unspecified atom stereocenters.